The minimum absolute atomic E-state index is 0.109. The van der Waals surface area contributed by atoms with Crippen molar-refractivity contribution >= 4 is 27.4 Å². The fourth-order valence-corrected chi connectivity index (χ4v) is 3.72. The van der Waals surface area contributed by atoms with Crippen LogP contribution >= 0.6 is 11.6 Å². The zero-order valence-corrected chi connectivity index (χ0v) is 13.2. The Morgan fingerprint density at radius 2 is 2.05 bits per heavy atom. The van der Waals surface area contributed by atoms with E-state index in [-0.39, 0.29) is 10.9 Å². The first-order chi connectivity index (χ1) is 8.84. The number of hydrogen-bond donors (Lipinski definition) is 1. The molecule has 1 aromatic rings. The molecule has 0 saturated carbocycles. The normalized spacial score (nSPS) is 12.2. The summed E-state index contributed by atoms with van der Waals surface area (Å²) in [5.74, 6) is 0.496. The molecule has 0 bridgehead atoms. The summed E-state index contributed by atoms with van der Waals surface area (Å²) in [4.78, 5) is 4.18. The van der Waals surface area contributed by atoms with Crippen molar-refractivity contribution in [2.45, 2.75) is 38.6 Å². The number of nitrogens with one attached hydrogen (secondary N) is 1. The second kappa shape index (κ2) is 6.54. The molecule has 0 aliphatic heterocycles. The molecular formula is C12H20ClN3O2S. The molecule has 0 amide bonds. The van der Waals surface area contributed by atoms with Crippen LogP contribution in [-0.2, 0) is 10.0 Å². The number of halogens is 1. The molecule has 0 atom stereocenters. The summed E-state index contributed by atoms with van der Waals surface area (Å²) in [5.41, 5.74) is 0. The molecule has 0 saturated heterocycles. The Kier molecular flexibility index (Phi) is 5.58. The first kappa shape index (κ1) is 16.2. The molecule has 0 unspecified atom stereocenters. The summed E-state index contributed by atoms with van der Waals surface area (Å²) < 4.78 is 26.3. The molecule has 0 spiro atoms. The van der Waals surface area contributed by atoms with Crippen LogP contribution in [0, 0.1) is 0 Å². The highest BCUT2D eigenvalue weighted by molar-refractivity contribution is 7.89. The van der Waals surface area contributed by atoms with Gasteiger partial charge in [-0.05, 0) is 26.8 Å². The van der Waals surface area contributed by atoms with Crippen molar-refractivity contribution in [2.24, 2.45) is 0 Å². The molecule has 108 valence electrons. The minimum atomic E-state index is -3.55. The highest BCUT2D eigenvalue weighted by Gasteiger charge is 2.26. The van der Waals surface area contributed by atoms with Crippen LogP contribution in [0.3, 0.4) is 0 Å². The molecule has 0 fully saturated rings. The first-order valence-corrected chi connectivity index (χ1v) is 8.07. The number of anilines is 1. The molecule has 19 heavy (non-hydrogen) atoms. The predicted octanol–water partition coefficient (Wildman–Crippen LogP) is 2.59. The number of hydrogen-bond acceptors (Lipinski definition) is 4. The van der Waals surface area contributed by atoms with Gasteiger partial charge in [0.25, 0.3) is 0 Å². The predicted molar refractivity (Wildman–Crippen MR) is 78.1 cm³/mol. The Morgan fingerprint density at radius 1 is 1.42 bits per heavy atom. The van der Waals surface area contributed by atoms with Gasteiger partial charge < -0.3 is 5.32 Å². The third-order valence-electron chi connectivity index (χ3n) is 2.65. The van der Waals surface area contributed by atoms with Gasteiger partial charge >= 0.3 is 0 Å². The van der Waals surface area contributed by atoms with Gasteiger partial charge in [-0.3, -0.25) is 0 Å². The van der Waals surface area contributed by atoms with Crippen LogP contribution in [0.2, 0.25) is 5.02 Å². The molecule has 1 N–H and O–H groups in total. The maximum Gasteiger partial charge on any atom is 0.244 e. The highest BCUT2D eigenvalue weighted by Crippen LogP contribution is 2.25. The number of rotatable bonds is 6. The second-order valence-corrected chi connectivity index (χ2v) is 6.63. The second-order valence-electron chi connectivity index (χ2n) is 4.33. The molecule has 1 rings (SSSR count). The van der Waals surface area contributed by atoms with Crippen LogP contribution in [0.1, 0.15) is 27.7 Å². The molecule has 1 heterocycles. The van der Waals surface area contributed by atoms with Gasteiger partial charge in [-0.2, -0.15) is 4.31 Å². The van der Waals surface area contributed by atoms with Crippen molar-refractivity contribution in [2.75, 3.05) is 18.4 Å². The van der Waals surface area contributed by atoms with Gasteiger partial charge in [0.05, 0.1) is 5.02 Å². The zero-order valence-electron chi connectivity index (χ0n) is 11.6. The van der Waals surface area contributed by atoms with E-state index in [4.69, 9.17) is 11.6 Å². The van der Waals surface area contributed by atoms with E-state index in [1.165, 1.54) is 16.6 Å². The number of sulfonamides is 1. The Hall–Kier alpha value is -0.850. The Balaban J connectivity index is 3.19. The summed E-state index contributed by atoms with van der Waals surface area (Å²) in [6, 6.07) is 1.33. The number of pyridine rings is 1. The number of aromatic nitrogens is 1. The summed E-state index contributed by atoms with van der Waals surface area (Å²) in [6.45, 7) is 8.48. The SMILES string of the molecule is CCNc1ncc(S(=O)(=O)N(CC)C(C)C)cc1Cl. The molecule has 5 nitrogen and oxygen atoms in total. The minimum Gasteiger partial charge on any atom is -0.369 e. The smallest absolute Gasteiger partial charge is 0.244 e. The zero-order chi connectivity index (χ0) is 14.6. The molecule has 7 heteroatoms. The largest absolute Gasteiger partial charge is 0.369 e. The van der Waals surface area contributed by atoms with E-state index in [2.05, 4.69) is 10.3 Å². The summed E-state index contributed by atoms with van der Waals surface area (Å²) in [7, 11) is -3.55. The van der Waals surface area contributed by atoms with Gasteiger partial charge in [0, 0.05) is 25.3 Å². The Bertz CT molecular complexity index is 532. The Morgan fingerprint density at radius 3 is 2.47 bits per heavy atom. The molecule has 0 aliphatic carbocycles. The number of nitrogens with zero attached hydrogens (tertiary/aromatic N) is 2. The van der Waals surface area contributed by atoms with E-state index < -0.39 is 10.0 Å². The monoisotopic (exact) mass is 305 g/mol. The van der Waals surface area contributed by atoms with Gasteiger partial charge in [-0.15, -0.1) is 0 Å². The standard InChI is InChI=1S/C12H20ClN3O2S/c1-5-14-12-11(13)7-10(8-15-12)19(17,18)16(6-2)9(3)4/h7-9H,5-6H2,1-4H3,(H,14,15). The summed E-state index contributed by atoms with van der Waals surface area (Å²) in [5, 5.41) is 3.28. The quantitative estimate of drug-likeness (QED) is 0.877. The van der Waals surface area contributed by atoms with E-state index >= 15 is 0 Å². The van der Waals surface area contributed by atoms with E-state index in [9.17, 15) is 8.42 Å². The fraction of sp³-hybridized carbons (Fsp3) is 0.583. The third kappa shape index (κ3) is 3.58. The van der Waals surface area contributed by atoms with Gasteiger partial charge in [0.15, 0.2) is 0 Å². The lowest BCUT2D eigenvalue weighted by Crippen LogP contribution is -2.36. The van der Waals surface area contributed by atoms with E-state index in [0.29, 0.717) is 23.9 Å². The van der Waals surface area contributed by atoms with Crippen molar-refractivity contribution in [1.82, 2.24) is 9.29 Å². The average molecular weight is 306 g/mol. The lowest BCUT2D eigenvalue weighted by molar-refractivity contribution is 0.369. The lowest BCUT2D eigenvalue weighted by Gasteiger charge is -2.24. The van der Waals surface area contributed by atoms with Crippen molar-refractivity contribution in [3.05, 3.63) is 17.3 Å². The highest BCUT2D eigenvalue weighted by atomic mass is 35.5. The van der Waals surface area contributed by atoms with Crippen molar-refractivity contribution in [1.29, 1.82) is 0 Å². The summed E-state index contributed by atoms with van der Waals surface area (Å²) >= 11 is 6.03. The van der Waals surface area contributed by atoms with Crippen molar-refractivity contribution in [3.8, 4) is 0 Å². The van der Waals surface area contributed by atoms with Crippen LogP contribution in [0.15, 0.2) is 17.2 Å². The first-order valence-electron chi connectivity index (χ1n) is 6.25. The summed E-state index contributed by atoms with van der Waals surface area (Å²) in [6.07, 6.45) is 1.34. The molecule has 0 aromatic carbocycles. The maximum absolute atomic E-state index is 12.4. The Labute approximate surface area is 120 Å². The van der Waals surface area contributed by atoms with E-state index in [1.807, 2.05) is 20.8 Å². The van der Waals surface area contributed by atoms with Gasteiger partial charge in [-0.1, -0.05) is 18.5 Å². The average Bonchev–Trinajstić information content (AvgIpc) is 2.31. The van der Waals surface area contributed by atoms with Crippen LogP contribution < -0.4 is 5.32 Å². The topological polar surface area (TPSA) is 62.3 Å². The lowest BCUT2D eigenvalue weighted by atomic mass is 10.4. The molecule has 1 aromatic heterocycles. The van der Waals surface area contributed by atoms with Crippen LogP contribution in [-0.4, -0.2) is 36.8 Å². The van der Waals surface area contributed by atoms with Crippen molar-refractivity contribution in [3.63, 3.8) is 0 Å². The van der Waals surface area contributed by atoms with Crippen LogP contribution in [0.4, 0.5) is 5.82 Å². The fourth-order valence-electron chi connectivity index (χ4n) is 1.81. The van der Waals surface area contributed by atoms with Crippen LogP contribution in [0.5, 0.6) is 0 Å². The molecular weight excluding hydrogens is 286 g/mol. The van der Waals surface area contributed by atoms with Gasteiger partial charge in [0.2, 0.25) is 10.0 Å². The maximum atomic E-state index is 12.4. The van der Waals surface area contributed by atoms with Crippen molar-refractivity contribution < 1.29 is 8.42 Å². The van der Waals surface area contributed by atoms with Gasteiger partial charge in [0.1, 0.15) is 10.7 Å². The van der Waals surface area contributed by atoms with E-state index in [1.54, 1.807) is 6.92 Å². The van der Waals surface area contributed by atoms with Gasteiger partial charge in [-0.25, -0.2) is 13.4 Å². The third-order valence-corrected chi connectivity index (χ3v) is 5.06. The van der Waals surface area contributed by atoms with Crippen LogP contribution in [0.25, 0.3) is 0 Å². The molecule has 0 radical (unpaired) electrons. The van der Waals surface area contributed by atoms with E-state index in [0.717, 1.165) is 0 Å². The molecule has 0 aliphatic rings.